The molecule has 0 aliphatic rings. The Labute approximate surface area is 135 Å². The van der Waals surface area contributed by atoms with Gasteiger partial charge >= 0.3 is 0 Å². The van der Waals surface area contributed by atoms with E-state index in [0.717, 1.165) is 36.6 Å². The summed E-state index contributed by atoms with van der Waals surface area (Å²) >= 11 is 5.90. The molecule has 4 nitrogen and oxygen atoms in total. The molecular weight excluding hydrogens is 300 g/mol. The van der Waals surface area contributed by atoms with Gasteiger partial charge in [-0.15, -0.1) is 0 Å². The normalized spacial score (nSPS) is 10.9. The summed E-state index contributed by atoms with van der Waals surface area (Å²) in [5, 5.41) is 11.4. The van der Waals surface area contributed by atoms with E-state index < -0.39 is 0 Å². The van der Waals surface area contributed by atoms with Crippen molar-refractivity contribution < 1.29 is 4.92 Å². The van der Waals surface area contributed by atoms with E-state index in [1.807, 2.05) is 36.4 Å². The highest BCUT2D eigenvalue weighted by Gasteiger charge is 2.07. The molecule has 0 fully saturated rings. The minimum atomic E-state index is -0.372. The quantitative estimate of drug-likeness (QED) is 0.564. The van der Waals surface area contributed by atoms with E-state index in [1.54, 1.807) is 12.1 Å². The van der Waals surface area contributed by atoms with Crippen molar-refractivity contribution >= 4 is 17.3 Å². The molecule has 0 spiro atoms. The highest BCUT2D eigenvalue weighted by Crippen LogP contribution is 2.14. The van der Waals surface area contributed by atoms with Crippen molar-refractivity contribution in [1.29, 1.82) is 0 Å². The molecule has 0 N–H and O–H groups in total. The fraction of sp³-hybridized carbons (Fsp3) is 0.294. The smallest absolute Gasteiger partial charge is 0.269 e. The van der Waals surface area contributed by atoms with Crippen molar-refractivity contribution in [2.75, 3.05) is 13.1 Å². The second-order valence-electron chi connectivity index (χ2n) is 5.17. The number of nitrogens with zero attached hydrogens (tertiary/aromatic N) is 2. The summed E-state index contributed by atoms with van der Waals surface area (Å²) in [6, 6.07) is 14.7. The molecule has 5 heteroatoms. The van der Waals surface area contributed by atoms with Crippen LogP contribution >= 0.6 is 11.6 Å². The van der Waals surface area contributed by atoms with E-state index in [1.165, 1.54) is 5.56 Å². The largest absolute Gasteiger partial charge is 0.299 e. The van der Waals surface area contributed by atoms with Crippen molar-refractivity contribution in [2.45, 2.75) is 19.9 Å². The first-order valence-electron chi connectivity index (χ1n) is 7.28. The first kappa shape index (κ1) is 16.5. The van der Waals surface area contributed by atoms with Crippen LogP contribution < -0.4 is 0 Å². The van der Waals surface area contributed by atoms with Gasteiger partial charge in [0.15, 0.2) is 0 Å². The van der Waals surface area contributed by atoms with Crippen molar-refractivity contribution in [2.24, 2.45) is 0 Å². The number of nitro groups is 1. The molecule has 22 heavy (non-hydrogen) atoms. The molecule has 0 aliphatic heterocycles. The zero-order valence-electron chi connectivity index (χ0n) is 12.5. The van der Waals surface area contributed by atoms with Gasteiger partial charge in [-0.2, -0.15) is 0 Å². The summed E-state index contributed by atoms with van der Waals surface area (Å²) < 4.78 is 0. The predicted molar refractivity (Wildman–Crippen MR) is 89.2 cm³/mol. The van der Waals surface area contributed by atoms with E-state index in [9.17, 15) is 10.1 Å². The van der Waals surface area contributed by atoms with Crippen LogP contribution in [0.25, 0.3) is 0 Å². The Balaban J connectivity index is 1.90. The zero-order chi connectivity index (χ0) is 15.9. The number of nitro benzene ring substituents is 1. The molecule has 116 valence electrons. The van der Waals surface area contributed by atoms with E-state index >= 15 is 0 Å². The number of rotatable bonds is 7. The number of likely N-dealkylation sites (N-methyl/N-ethyl adjacent to an activating group) is 1. The maximum absolute atomic E-state index is 10.6. The number of hydrogen-bond acceptors (Lipinski definition) is 3. The Bertz CT molecular complexity index is 612. The lowest BCUT2D eigenvalue weighted by Crippen LogP contribution is -2.25. The summed E-state index contributed by atoms with van der Waals surface area (Å²) in [7, 11) is 0. The predicted octanol–water partition coefficient (Wildman–Crippen LogP) is 4.31. The van der Waals surface area contributed by atoms with Gasteiger partial charge in [-0.25, -0.2) is 0 Å². The van der Waals surface area contributed by atoms with Crippen molar-refractivity contribution in [3.8, 4) is 0 Å². The Morgan fingerprint density at radius 1 is 1.05 bits per heavy atom. The number of halogens is 1. The van der Waals surface area contributed by atoms with E-state index in [2.05, 4.69) is 11.8 Å². The summed E-state index contributed by atoms with van der Waals surface area (Å²) in [5.74, 6) is 0. The van der Waals surface area contributed by atoms with Crippen LogP contribution in [0.1, 0.15) is 18.1 Å². The number of benzene rings is 2. The maximum Gasteiger partial charge on any atom is 0.269 e. The van der Waals surface area contributed by atoms with Crippen molar-refractivity contribution in [3.05, 3.63) is 74.8 Å². The van der Waals surface area contributed by atoms with Gasteiger partial charge in [-0.05, 0) is 36.2 Å². The number of non-ortho nitro benzene ring substituents is 1. The Kier molecular flexibility index (Phi) is 5.92. The van der Waals surface area contributed by atoms with E-state index in [0.29, 0.717) is 0 Å². The Hall–Kier alpha value is -1.91. The second-order valence-corrected chi connectivity index (χ2v) is 5.61. The Morgan fingerprint density at radius 3 is 2.18 bits per heavy atom. The summed E-state index contributed by atoms with van der Waals surface area (Å²) in [6.07, 6.45) is 0.874. The molecule has 0 unspecified atom stereocenters. The third-order valence-corrected chi connectivity index (χ3v) is 3.88. The monoisotopic (exact) mass is 318 g/mol. The average molecular weight is 319 g/mol. The minimum Gasteiger partial charge on any atom is -0.299 e. The van der Waals surface area contributed by atoms with Gasteiger partial charge in [0.25, 0.3) is 5.69 Å². The highest BCUT2D eigenvalue weighted by molar-refractivity contribution is 6.30. The molecule has 2 rings (SSSR count). The molecule has 2 aromatic carbocycles. The van der Waals surface area contributed by atoms with Gasteiger partial charge in [0.05, 0.1) is 4.92 Å². The lowest BCUT2D eigenvalue weighted by molar-refractivity contribution is -0.384. The van der Waals surface area contributed by atoms with Crippen LogP contribution in [0.2, 0.25) is 5.02 Å². The van der Waals surface area contributed by atoms with Crippen molar-refractivity contribution in [3.63, 3.8) is 0 Å². The van der Waals surface area contributed by atoms with Crippen LogP contribution in [0.3, 0.4) is 0 Å². The fourth-order valence-corrected chi connectivity index (χ4v) is 2.39. The molecule has 0 atom stereocenters. The molecule has 0 heterocycles. The van der Waals surface area contributed by atoms with E-state index in [-0.39, 0.29) is 10.6 Å². The molecule has 0 saturated carbocycles. The van der Waals surface area contributed by atoms with Gasteiger partial charge in [-0.3, -0.25) is 15.0 Å². The van der Waals surface area contributed by atoms with Crippen molar-refractivity contribution in [1.82, 2.24) is 4.90 Å². The lowest BCUT2D eigenvalue weighted by atomic mass is 10.1. The second kappa shape index (κ2) is 7.92. The van der Waals surface area contributed by atoms with Gasteiger partial charge in [0.2, 0.25) is 0 Å². The van der Waals surface area contributed by atoms with E-state index in [4.69, 9.17) is 11.6 Å². The Morgan fingerprint density at radius 2 is 1.64 bits per heavy atom. The van der Waals surface area contributed by atoms with Crippen LogP contribution in [-0.4, -0.2) is 22.9 Å². The van der Waals surface area contributed by atoms with Crippen LogP contribution in [-0.2, 0) is 13.0 Å². The standard InChI is InChI=1S/C17H19ClN2O2/c1-2-19(13-15-3-7-16(18)8-4-15)12-11-14-5-9-17(10-6-14)20(21)22/h3-10H,2,11-13H2,1H3. The average Bonchev–Trinajstić information content (AvgIpc) is 2.53. The highest BCUT2D eigenvalue weighted by atomic mass is 35.5. The summed E-state index contributed by atoms with van der Waals surface area (Å²) in [4.78, 5) is 12.6. The topological polar surface area (TPSA) is 46.4 Å². The minimum absolute atomic E-state index is 0.136. The summed E-state index contributed by atoms with van der Waals surface area (Å²) in [6.45, 7) is 4.87. The lowest BCUT2D eigenvalue weighted by Gasteiger charge is -2.20. The van der Waals surface area contributed by atoms with Crippen LogP contribution in [0.4, 0.5) is 5.69 Å². The first-order chi connectivity index (χ1) is 10.6. The SMILES string of the molecule is CCN(CCc1ccc([N+](=O)[O-])cc1)Cc1ccc(Cl)cc1. The molecule has 0 aromatic heterocycles. The molecule has 0 amide bonds. The molecule has 0 radical (unpaired) electrons. The zero-order valence-corrected chi connectivity index (χ0v) is 13.3. The van der Waals surface area contributed by atoms with Gasteiger partial charge < -0.3 is 0 Å². The van der Waals surface area contributed by atoms with Gasteiger partial charge in [0, 0.05) is 30.2 Å². The first-order valence-corrected chi connectivity index (χ1v) is 7.66. The maximum atomic E-state index is 10.6. The molecule has 0 bridgehead atoms. The third kappa shape index (κ3) is 4.83. The van der Waals surface area contributed by atoms with Crippen LogP contribution in [0, 0.1) is 10.1 Å². The fourth-order valence-electron chi connectivity index (χ4n) is 2.27. The van der Waals surface area contributed by atoms with Crippen LogP contribution in [0.15, 0.2) is 48.5 Å². The third-order valence-electron chi connectivity index (χ3n) is 3.63. The van der Waals surface area contributed by atoms with Gasteiger partial charge in [0.1, 0.15) is 0 Å². The van der Waals surface area contributed by atoms with Gasteiger partial charge in [-0.1, -0.05) is 42.8 Å². The molecular formula is C17H19ClN2O2. The molecule has 0 saturated heterocycles. The molecule has 2 aromatic rings. The number of hydrogen-bond donors (Lipinski definition) is 0. The van der Waals surface area contributed by atoms with Crippen LogP contribution in [0.5, 0.6) is 0 Å². The summed E-state index contributed by atoms with van der Waals surface area (Å²) in [5.41, 5.74) is 2.48. The molecule has 0 aliphatic carbocycles.